The molecule has 0 unspecified atom stereocenters. The van der Waals surface area contributed by atoms with Crippen LogP contribution in [0.15, 0.2) is 36.5 Å². The number of anilines is 1. The predicted molar refractivity (Wildman–Crippen MR) is 105 cm³/mol. The van der Waals surface area contributed by atoms with Crippen LogP contribution < -0.4 is 5.32 Å². The van der Waals surface area contributed by atoms with Crippen molar-refractivity contribution in [1.29, 1.82) is 5.26 Å². The summed E-state index contributed by atoms with van der Waals surface area (Å²) in [5, 5.41) is 13.1. The van der Waals surface area contributed by atoms with Crippen molar-refractivity contribution in [2.75, 3.05) is 25.5 Å². The molecule has 0 spiro atoms. The lowest BCUT2D eigenvalue weighted by Crippen LogP contribution is -2.36. The summed E-state index contributed by atoms with van der Waals surface area (Å²) in [6.07, 6.45) is 3.94. The van der Waals surface area contributed by atoms with Crippen molar-refractivity contribution in [1.82, 2.24) is 24.3 Å². The Morgan fingerprint density at radius 2 is 1.93 bits per heavy atom. The lowest BCUT2D eigenvalue weighted by atomic mass is 10.1. The number of hydrogen-bond acceptors (Lipinski definition) is 6. The van der Waals surface area contributed by atoms with E-state index in [9.17, 15) is 5.26 Å². The molecule has 4 heterocycles. The number of aromatic nitrogens is 4. The second kappa shape index (κ2) is 6.18. The third kappa shape index (κ3) is 2.66. The molecule has 3 aromatic heterocycles. The van der Waals surface area contributed by atoms with Crippen LogP contribution >= 0.6 is 0 Å². The van der Waals surface area contributed by atoms with E-state index in [1.807, 2.05) is 28.7 Å². The number of piperidine rings is 1. The van der Waals surface area contributed by atoms with Gasteiger partial charge in [0.2, 0.25) is 0 Å². The van der Waals surface area contributed by atoms with Crippen LogP contribution in [0.2, 0.25) is 0 Å². The Balaban J connectivity index is 1.67. The van der Waals surface area contributed by atoms with E-state index in [0.717, 1.165) is 48.4 Å². The molecule has 1 saturated heterocycles. The summed E-state index contributed by atoms with van der Waals surface area (Å²) in [6.45, 7) is 2.17. The summed E-state index contributed by atoms with van der Waals surface area (Å²) in [5.74, 6) is 0.765. The SMILES string of the molecule is CN1CCC(Nc2cnc3cc(C#N)c4nc5ccccc5n4c3n2)CC1. The van der Waals surface area contributed by atoms with Crippen LogP contribution in [0, 0.1) is 11.3 Å². The van der Waals surface area contributed by atoms with Gasteiger partial charge in [-0.3, -0.25) is 4.40 Å². The van der Waals surface area contributed by atoms with Crippen LogP contribution in [-0.2, 0) is 0 Å². The predicted octanol–water partition coefficient (Wildman–Crippen LogP) is 2.81. The summed E-state index contributed by atoms with van der Waals surface area (Å²) < 4.78 is 1.94. The van der Waals surface area contributed by atoms with E-state index < -0.39 is 0 Å². The summed E-state index contributed by atoms with van der Waals surface area (Å²) in [5.41, 5.74) is 4.31. The normalized spacial score (nSPS) is 16.1. The number of nitrogens with zero attached hydrogens (tertiary/aromatic N) is 6. The molecule has 0 atom stereocenters. The summed E-state index contributed by atoms with van der Waals surface area (Å²) in [7, 11) is 2.15. The van der Waals surface area contributed by atoms with E-state index in [0.29, 0.717) is 22.8 Å². The fraction of sp³-hybridized carbons (Fsp3) is 0.300. The van der Waals surface area contributed by atoms with Crippen molar-refractivity contribution in [2.24, 2.45) is 0 Å². The van der Waals surface area contributed by atoms with Gasteiger partial charge in [-0.25, -0.2) is 15.0 Å². The van der Waals surface area contributed by atoms with E-state index in [-0.39, 0.29) is 0 Å². The number of hydrogen-bond donors (Lipinski definition) is 1. The van der Waals surface area contributed by atoms with Gasteiger partial charge in [0.25, 0.3) is 0 Å². The van der Waals surface area contributed by atoms with Gasteiger partial charge in [-0.1, -0.05) is 12.1 Å². The van der Waals surface area contributed by atoms with E-state index in [1.54, 1.807) is 12.3 Å². The molecule has 0 radical (unpaired) electrons. The number of benzene rings is 1. The van der Waals surface area contributed by atoms with Crippen LogP contribution in [0.1, 0.15) is 18.4 Å². The number of rotatable bonds is 2. The standard InChI is InChI=1S/C20H19N7/c1-26-8-6-14(7-9-26)23-18-12-22-16-10-13(11-21)19-24-15-4-2-3-5-17(15)27(19)20(16)25-18/h2-5,10,12,14H,6-9H2,1H3,(H,23,25). The Morgan fingerprint density at radius 3 is 2.74 bits per heavy atom. The number of nitriles is 1. The fourth-order valence-electron chi connectivity index (χ4n) is 3.79. The highest BCUT2D eigenvalue weighted by Gasteiger charge is 2.18. The molecule has 0 aliphatic carbocycles. The van der Waals surface area contributed by atoms with E-state index in [4.69, 9.17) is 4.98 Å². The largest absolute Gasteiger partial charge is 0.366 e. The average molecular weight is 357 g/mol. The van der Waals surface area contributed by atoms with Crippen LogP contribution in [0.5, 0.6) is 0 Å². The van der Waals surface area contributed by atoms with Crippen molar-refractivity contribution in [2.45, 2.75) is 18.9 Å². The molecule has 7 nitrogen and oxygen atoms in total. The number of pyridine rings is 1. The van der Waals surface area contributed by atoms with Crippen LogP contribution in [-0.4, -0.2) is 50.4 Å². The number of likely N-dealkylation sites (tertiary alicyclic amines) is 1. The van der Waals surface area contributed by atoms with Crippen molar-refractivity contribution < 1.29 is 0 Å². The third-order valence-corrected chi connectivity index (χ3v) is 5.27. The molecule has 1 N–H and O–H groups in total. The number of fused-ring (bicyclic) bond motifs is 5. The first-order chi connectivity index (χ1) is 13.2. The van der Waals surface area contributed by atoms with Gasteiger partial charge in [0.1, 0.15) is 17.4 Å². The lowest BCUT2D eigenvalue weighted by Gasteiger charge is -2.29. The minimum Gasteiger partial charge on any atom is -0.366 e. The van der Waals surface area contributed by atoms with Gasteiger partial charge < -0.3 is 10.2 Å². The van der Waals surface area contributed by atoms with Gasteiger partial charge in [0.15, 0.2) is 11.3 Å². The molecule has 0 amide bonds. The lowest BCUT2D eigenvalue weighted by molar-refractivity contribution is 0.263. The highest BCUT2D eigenvalue weighted by Crippen LogP contribution is 2.25. The molecule has 0 saturated carbocycles. The Hall–Kier alpha value is -3.24. The molecule has 1 aromatic carbocycles. The minimum atomic E-state index is 0.404. The Kier molecular flexibility index (Phi) is 3.66. The van der Waals surface area contributed by atoms with Gasteiger partial charge >= 0.3 is 0 Å². The topological polar surface area (TPSA) is 82.1 Å². The fourth-order valence-corrected chi connectivity index (χ4v) is 3.79. The number of para-hydroxylation sites is 2. The van der Waals surface area contributed by atoms with E-state index in [2.05, 4.69) is 33.3 Å². The second-order valence-corrected chi connectivity index (χ2v) is 7.12. The molecule has 1 aliphatic rings. The zero-order valence-corrected chi connectivity index (χ0v) is 15.1. The quantitative estimate of drug-likeness (QED) is 0.594. The molecule has 1 fully saturated rings. The van der Waals surface area contributed by atoms with Gasteiger partial charge in [-0.15, -0.1) is 0 Å². The maximum atomic E-state index is 9.54. The molecular formula is C20H19N7. The highest BCUT2D eigenvalue weighted by molar-refractivity contribution is 5.90. The average Bonchev–Trinajstić information content (AvgIpc) is 3.09. The molecule has 4 aromatic rings. The maximum Gasteiger partial charge on any atom is 0.167 e. The first-order valence-corrected chi connectivity index (χ1v) is 9.15. The molecule has 1 aliphatic heterocycles. The Labute approximate surface area is 156 Å². The van der Waals surface area contributed by atoms with Gasteiger partial charge in [0, 0.05) is 6.04 Å². The van der Waals surface area contributed by atoms with Crippen molar-refractivity contribution in [3.63, 3.8) is 0 Å². The smallest absolute Gasteiger partial charge is 0.167 e. The van der Waals surface area contributed by atoms with Crippen molar-refractivity contribution >= 4 is 33.7 Å². The first-order valence-electron chi connectivity index (χ1n) is 9.15. The minimum absolute atomic E-state index is 0.404. The third-order valence-electron chi connectivity index (χ3n) is 5.27. The van der Waals surface area contributed by atoms with Crippen LogP contribution in [0.4, 0.5) is 5.82 Å². The van der Waals surface area contributed by atoms with Gasteiger partial charge in [-0.05, 0) is 51.2 Å². The van der Waals surface area contributed by atoms with E-state index >= 15 is 0 Å². The Morgan fingerprint density at radius 1 is 1.11 bits per heavy atom. The van der Waals surface area contributed by atoms with Crippen LogP contribution in [0.25, 0.3) is 27.8 Å². The number of imidazole rings is 1. The first kappa shape index (κ1) is 16.0. The van der Waals surface area contributed by atoms with Gasteiger partial charge in [-0.2, -0.15) is 5.26 Å². The highest BCUT2D eigenvalue weighted by atomic mass is 15.1. The molecule has 7 heteroatoms. The zero-order chi connectivity index (χ0) is 18.4. The summed E-state index contributed by atoms with van der Waals surface area (Å²) in [6, 6.07) is 12.3. The Bertz CT molecular complexity index is 1200. The molecular weight excluding hydrogens is 338 g/mol. The zero-order valence-electron chi connectivity index (χ0n) is 15.1. The molecule has 134 valence electrons. The summed E-state index contributed by atoms with van der Waals surface area (Å²) in [4.78, 5) is 16.4. The van der Waals surface area contributed by atoms with Crippen molar-refractivity contribution in [3.8, 4) is 6.07 Å². The maximum absolute atomic E-state index is 9.54. The van der Waals surface area contributed by atoms with E-state index in [1.165, 1.54) is 0 Å². The second-order valence-electron chi connectivity index (χ2n) is 7.12. The number of nitrogens with one attached hydrogen (secondary N) is 1. The van der Waals surface area contributed by atoms with Crippen LogP contribution in [0.3, 0.4) is 0 Å². The monoisotopic (exact) mass is 357 g/mol. The van der Waals surface area contributed by atoms with Crippen molar-refractivity contribution in [3.05, 3.63) is 42.1 Å². The molecule has 0 bridgehead atoms. The van der Waals surface area contributed by atoms with Gasteiger partial charge in [0.05, 0.1) is 22.8 Å². The molecule has 5 rings (SSSR count). The molecule has 27 heavy (non-hydrogen) atoms. The summed E-state index contributed by atoms with van der Waals surface area (Å²) >= 11 is 0.